The van der Waals surface area contributed by atoms with Crippen LogP contribution in [0.4, 0.5) is 0 Å². The smallest absolute Gasteiger partial charge is 0.222 e. The van der Waals surface area contributed by atoms with Crippen LogP contribution in [-0.4, -0.2) is 59.2 Å². The number of aromatic nitrogens is 2. The first kappa shape index (κ1) is 15.0. The number of hydrogen-bond acceptors (Lipinski definition) is 4. The van der Waals surface area contributed by atoms with Gasteiger partial charge in [0.2, 0.25) is 5.91 Å². The highest BCUT2D eigenvalue weighted by atomic mass is 16.5. The molecule has 1 aliphatic rings. The fourth-order valence-corrected chi connectivity index (χ4v) is 2.37. The second kappa shape index (κ2) is 7.40. The lowest BCUT2D eigenvalue weighted by Crippen LogP contribution is -2.47. The van der Waals surface area contributed by atoms with Crippen LogP contribution < -0.4 is 5.32 Å². The maximum atomic E-state index is 11.9. The molecular weight excluding hydrogens is 256 g/mol. The Labute approximate surface area is 119 Å². The van der Waals surface area contributed by atoms with Crippen molar-refractivity contribution in [2.24, 2.45) is 0 Å². The first-order valence-corrected chi connectivity index (χ1v) is 7.24. The molecule has 0 aliphatic carbocycles. The van der Waals surface area contributed by atoms with Crippen molar-refractivity contribution < 1.29 is 9.53 Å². The summed E-state index contributed by atoms with van der Waals surface area (Å²) in [7, 11) is 0. The van der Waals surface area contributed by atoms with Crippen LogP contribution in [0.1, 0.15) is 26.0 Å². The van der Waals surface area contributed by atoms with Gasteiger partial charge >= 0.3 is 0 Å². The van der Waals surface area contributed by atoms with Crippen LogP contribution in [0.15, 0.2) is 12.5 Å². The molecule has 1 aliphatic heterocycles. The third-order valence-corrected chi connectivity index (χ3v) is 3.58. The van der Waals surface area contributed by atoms with Crippen molar-refractivity contribution in [2.45, 2.75) is 38.8 Å². The molecule has 112 valence electrons. The minimum Gasteiger partial charge on any atom is -0.375 e. The van der Waals surface area contributed by atoms with Crippen LogP contribution in [0.25, 0.3) is 0 Å². The van der Waals surface area contributed by atoms with E-state index in [4.69, 9.17) is 4.74 Å². The van der Waals surface area contributed by atoms with Gasteiger partial charge in [-0.1, -0.05) is 0 Å². The molecule has 6 nitrogen and oxygen atoms in total. The zero-order valence-corrected chi connectivity index (χ0v) is 12.3. The predicted octanol–water partition coefficient (Wildman–Crippen LogP) is 0.568. The average molecular weight is 280 g/mol. The van der Waals surface area contributed by atoms with E-state index in [-0.39, 0.29) is 12.0 Å². The fourth-order valence-electron chi connectivity index (χ4n) is 2.37. The summed E-state index contributed by atoms with van der Waals surface area (Å²) in [5.41, 5.74) is 1.03. The van der Waals surface area contributed by atoms with E-state index in [0.717, 1.165) is 25.2 Å². The van der Waals surface area contributed by atoms with Gasteiger partial charge in [-0.15, -0.1) is 0 Å². The number of amides is 1. The number of carbonyl (C=O) groups excluding carboxylic acids is 1. The van der Waals surface area contributed by atoms with Gasteiger partial charge in [0.05, 0.1) is 25.5 Å². The van der Waals surface area contributed by atoms with E-state index < -0.39 is 0 Å². The van der Waals surface area contributed by atoms with E-state index in [9.17, 15) is 4.79 Å². The van der Waals surface area contributed by atoms with E-state index >= 15 is 0 Å². The van der Waals surface area contributed by atoms with Crippen molar-refractivity contribution in [1.82, 2.24) is 20.2 Å². The number of aromatic amines is 1. The SMILES string of the molecule is CC(C)N1CCO[C@H](CC(=O)NCCc2cnc[nH]2)C1. The van der Waals surface area contributed by atoms with E-state index in [1.54, 1.807) is 12.5 Å². The van der Waals surface area contributed by atoms with Crippen LogP contribution in [0.3, 0.4) is 0 Å². The Hall–Kier alpha value is -1.40. The van der Waals surface area contributed by atoms with Crippen molar-refractivity contribution in [1.29, 1.82) is 0 Å². The minimum atomic E-state index is 0.0123. The Morgan fingerprint density at radius 1 is 1.65 bits per heavy atom. The normalized spacial score (nSPS) is 20.2. The monoisotopic (exact) mass is 280 g/mol. The number of ether oxygens (including phenoxy) is 1. The number of nitrogens with one attached hydrogen (secondary N) is 2. The Morgan fingerprint density at radius 3 is 3.20 bits per heavy atom. The van der Waals surface area contributed by atoms with Gasteiger partial charge in [-0.3, -0.25) is 9.69 Å². The number of morpholine rings is 1. The maximum Gasteiger partial charge on any atom is 0.222 e. The van der Waals surface area contributed by atoms with Crippen LogP contribution in [0.5, 0.6) is 0 Å². The lowest BCUT2D eigenvalue weighted by molar-refractivity contribution is -0.126. The third-order valence-electron chi connectivity index (χ3n) is 3.58. The van der Waals surface area contributed by atoms with Crippen molar-refractivity contribution in [3.63, 3.8) is 0 Å². The fraction of sp³-hybridized carbons (Fsp3) is 0.714. The van der Waals surface area contributed by atoms with Gasteiger partial charge in [0.15, 0.2) is 0 Å². The molecule has 1 atom stereocenters. The molecule has 1 saturated heterocycles. The molecule has 2 rings (SSSR count). The van der Waals surface area contributed by atoms with Gasteiger partial charge in [-0.05, 0) is 13.8 Å². The predicted molar refractivity (Wildman–Crippen MR) is 76.4 cm³/mol. The lowest BCUT2D eigenvalue weighted by atomic mass is 10.1. The largest absolute Gasteiger partial charge is 0.375 e. The summed E-state index contributed by atoms with van der Waals surface area (Å²) in [6.07, 6.45) is 4.64. The van der Waals surface area contributed by atoms with Gasteiger partial charge in [0.25, 0.3) is 0 Å². The molecule has 1 aromatic heterocycles. The zero-order valence-electron chi connectivity index (χ0n) is 12.3. The van der Waals surface area contributed by atoms with E-state index in [1.807, 2.05) is 0 Å². The molecule has 0 bridgehead atoms. The van der Waals surface area contributed by atoms with Crippen molar-refractivity contribution in [3.05, 3.63) is 18.2 Å². The summed E-state index contributed by atoms with van der Waals surface area (Å²) in [6, 6.07) is 0.504. The summed E-state index contributed by atoms with van der Waals surface area (Å²) < 4.78 is 5.66. The van der Waals surface area contributed by atoms with E-state index in [0.29, 0.717) is 25.6 Å². The summed E-state index contributed by atoms with van der Waals surface area (Å²) in [5.74, 6) is 0.0557. The minimum absolute atomic E-state index is 0.0123. The van der Waals surface area contributed by atoms with Crippen LogP contribution in [0, 0.1) is 0 Å². The number of hydrogen-bond donors (Lipinski definition) is 2. The molecule has 0 saturated carbocycles. The summed E-state index contributed by atoms with van der Waals surface area (Å²) in [5, 5.41) is 2.93. The Kier molecular flexibility index (Phi) is 5.55. The highest BCUT2D eigenvalue weighted by Gasteiger charge is 2.24. The molecule has 2 heterocycles. The number of rotatable bonds is 6. The Bertz CT molecular complexity index is 405. The molecule has 1 amide bonds. The summed E-state index contributed by atoms with van der Waals surface area (Å²) >= 11 is 0. The molecule has 0 radical (unpaired) electrons. The molecule has 1 aromatic rings. The number of nitrogens with zero attached hydrogens (tertiary/aromatic N) is 2. The molecule has 20 heavy (non-hydrogen) atoms. The molecule has 1 fully saturated rings. The zero-order chi connectivity index (χ0) is 14.4. The highest BCUT2D eigenvalue weighted by Crippen LogP contribution is 2.11. The topological polar surface area (TPSA) is 70.2 Å². The number of imidazole rings is 1. The number of H-pyrrole nitrogens is 1. The molecular formula is C14H24N4O2. The van der Waals surface area contributed by atoms with Gasteiger partial charge in [-0.25, -0.2) is 4.98 Å². The van der Waals surface area contributed by atoms with Crippen LogP contribution >= 0.6 is 0 Å². The molecule has 2 N–H and O–H groups in total. The van der Waals surface area contributed by atoms with Crippen molar-refractivity contribution in [3.8, 4) is 0 Å². The van der Waals surface area contributed by atoms with Gasteiger partial charge in [0.1, 0.15) is 0 Å². The Morgan fingerprint density at radius 2 is 2.50 bits per heavy atom. The number of carbonyl (C=O) groups is 1. The summed E-state index contributed by atoms with van der Waals surface area (Å²) in [6.45, 7) is 7.48. The first-order valence-electron chi connectivity index (χ1n) is 7.24. The Balaban J connectivity index is 1.66. The lowest BCUT2D eigenvalue weighted by Gasteiger charge is -2.35. The third kappa shape index (κ3) is 4.61. The standard InChI is InChI=1S/C14H24N4O2/c1-11(2)18-5-6-20-13(9-18)7-14(19)16-4-3-12-8-15-10-17-12/h8,10-11,13H,3-7,9H2,1-2H3,(H,15,17)(H,16,19)/t13-/m1/s1. The van der Waals surface area contributed by atoms with Gasteiger partial charge in [0, 0.05) is 44.0 Å². The van der Waals surface area contributed by atoms with Gasteiger partial charge < -0.3 is 15.0 Å². The van der Waals surface area contributed by atoms with Crippen LogP contribution in [0.2, 0.25) is 0 Å². The summed E-state index contributed by atoms with van der Waals surface area (Å²) in [4.78, 5) is 21.2. The average Bonchev–Trinajstić information content (AvgIpc) is 2.92. The van der Waals surface area contributed by atoms with E-state index in [1.165, 1.54) is 0 Å². The van der Waals surface area contributed by atoms with Crippen molar-refractivity contribution >= 4 is 5.91 Å². The molecule has 0 spiro atoms. The molecule has 0 unspecified atom stereocenters. The van der Waals surface area contributed by atoms with Crippen LogP contribution in [-0.2, 0) is 16.0 Å². The molecule has 0 aromatic carbocycles. The molecule has 6 heteroatoms. The van der Waals surface area contributed by atoms with Crippen molar-refractivity contribution in [2.75, 3.05) is 26.2 Å². The van der Waals surface area contributed by atoms with Gasteiger partial charge in [-0.2, -0.15) is 0 Å². The first-order chi connectivity index (χ1) is 9.65. The highest BCUT2D eigenvalue weighted by molar-refractivity contribution is 5.76. The second-order valence-electron chi connectivity index (χ2n) is 5.46. The second-order valence-corrected chi connectivity index (χ2v) is 5.46. The van der Waals surface area contributed by atoms with E-state index in [2.05, 4.69) is 34.0 Å². The maximum absolute atomic E-state index is 11.9. The quantitative estimate of drug-likeness (QED) is 0.799.